The molecule has 4 nitrogen and oxygen atoms in total. The van der Waals surface area contributed by atoms with Crippen LogP contribution in [-0.2, 0) is 6.54 Å². The number of rotatable bonds is 6. The van der Waals surface area contributed by atoms with E-state index in [2.05, 4.69) is 4.98 Å². The highest BCUT2D eigenvalue weighted by molar-refractivity contribution is 7.11. The molecule has 2 aromatic rings. The van der Waals surface area contributed by atoms with Gasteiger partial charge in [-0.2, -0.15) is 0 Å². The Morgan fingerprint density at radius 1 is 1.33 bits per heavy atom. The van der Waals surface area contributed by atoms with Crippen LogP contribution in [-0.4, -0.2) is 34.0 Å². The molecule has 110 valence electrons. The van der Waals surface area contributed by atoms with E-state index in [4.69, 9.17) is 0 Å². The van der Waals surface area contributed by atoms with Crippen molar-refractivity contribution >= 4 is 17.2 Å². The molecule has 21 heavy (non-hydrogen) atoms. The van der Waals surface area contributed by atoms with E-state index in [-0.39, 0.29) is 12.5 Å². The number of thiazole rings is 1. The van der Waals surface area contributed by atoms with Crippen LogP contribution in [0.25, 0.3) is 0 Å². The van der Waals surface area contributed by atoms with E-state index in [1.54, 1.807) is 10.4 Å². The standard InChI is InChI=1S/C16H18N2O2S/c19-9-8-18(10-12-4-2-1-3-5-12)16(20)15-14(13-6-7-13)17-11-21-15/h1-5,11,13,19H,6-10H2. The highest BCUT2D eigenvalue weighted by Gasteiger charge is 2.32. The van der Waals surface area contributed by atoms with Gasteiger partial charge >= 0.3 is 0 Å². The van der Waals surface area contributed by atoms with Gasteiger partial charge in [0.05, 0.1) is 17.8 Å². The van der Waals surface area contributed by atoms with Gasteiger partial charge in [0.2, 0.25) is 0 Å². The van der Waals surface area contributed by atoms with Crippen molar-refractivity contribution in [3.05, 3.63) is 52.0 Å². The van der Waals surface area contributed by atoms with Gasteiger partial charge in [0.25, 0.3) is 5.91 Å². The van der Waals surface area contributed by atoms with Crippen LogP contribution in [0.3, 0.4) is 0 Å². The Kier molecular flexibility index (Phi) is 4.31. The molecular formula is C16H18N2O2S. The van der Waals surface area contributed by atoms with Gasteiger partial charge < -0.3 is 10.0 Å². The number of nitrogens with zero attached hydrogens (tertiary/aromatic N) is 2. The van der Waals surface area contributed by atoms with Gasteiger partial charge in [0, 0.05) is 19.0 Å². The molecule has 0 unspecified atom stereocenters. The van der Waals surface area contributed by atoms with Crippen molar-refractivity contribution in [1.29, 1.82) is 0 Å². The minimum absolute atomic E-state index is 0.0164. The molecule has 1 fully saturated rings. The van der Waals surface area contributed by atoms with Crippen LogP contribution in [0.2, 0.25) is 0 Å². The summed E-state index contributed by atoms with van der Waals surface area (Å²) in [7, 11) is 0. The maximum Gasteiger partial charge on any atom is 0.266 e. The van der Waals surface area contributed by atoms with Gasteiger partial charge in [-0.05, 0) is 18.4 Å². The Morgan fingerprint density at radius 3 is 2.76 bits per heavy atom. The molecule has 1 heterocycles. The first-order valence-electron chi connectivity index (χ1n) is 7.17. The summed E-state index contributed by atoms with van der Waals surface area (Å²) in [5.74, 6) is 0.445. The Balaban J connectivity index is 1.79. The molecule has 1 saturated carbocycles. The molecule has 1 aliphatic rings. The highest BCUT2D eigenvalue weighted by atomic mass is 32.1. The van der Waals surface area contributed by atoms with Gasteiger partial charge in [-0.25, -0.2) is 4.98 Å². The molecule has 0 radical (unpaired) electrons. The highest BCUT2D eigenvalue weighted by Crippen LogP contribution is 2.42. The number of hydrogen-bond acceptors (Lipinski definition) is 4. The average molecular weight is 302 g/mol. The molecule has 0 aliphatic heterocycles. The number of carbonyl (C=O) groups is 1. The van der Waals surface area contributed by atoms with Crippen molar-refractivity contribution in [3.63, 3.8) is 0 Å². The van der Waals surface area contributed by atoms with E-state index in [0.717, 1.165) is 29.0 Å². The zero-order chi connectivity index (χ0) is 14.7. The lowest BCUT2D eigenvalue weighted by Gasteiger charge is -2.21. The van der Waals surface area contributed by atoms with Crippen molar-refractivity contribution in [1.82, 2.24) is 9.88 Å². The summed E-state index contributed by atoms with van der Waals surface area (Å²) in [5, 5.41) is 9.25. The Hall–Kier alpha value is -1.72. The zero-order valence-corrected chi connectivity index (χ0v) is 12.6. The minimum Gasteiger partial charge on any atom is -0.395 e. The summed E-state index contributed by atoms with van der Waals surface area (Å²) in [6.45, 7) is 0.827. The summed E-state index contributed by atoms with van der Waals surface area (Å²) < 4.78 is 0. The monoisotopic (exact) mass is 302 g/mol. The van der Waals surface area contributed by atoms with Gasteiger partial charge in [-0.3, -0.25) is 4.79 Å². The van der Waals surface area contributed by atoms with Crippen LogP contribution < -0.4 is 0 Å². The second kappa shape index (κ2) is 6.37. The normalized spacial score (nSPS) is 14.1. The lowest BCUT2D eigenvalue weighted by Crippen LogP contribution is -2.33. The first-order chi connectivity index (χ1) is 10.3. The lowest BCUT2D eigenvalue weighted by molar-refractivity contribution is 0.0711. The third-order valence-corrected chi connectivity index (χ3v) is 4.46. The summed E-state index contributed by atoms with van der Waals surface area (Å²) >= 11 is 1.41. The summed E-state index contributed by atoms with van der Waals surface area (Å²) in [6, 6.07) is 9.85. The van der Waals surface area contributed by atoms with Crippen LogP contribution in [0.1, 0.15) is 39.7 Å². The first kappa shape index (κ1) is 14.2. The van der Waals surface area contributed by atoms with Crippen LogP contribution in [0.4, 0.5) is 0 Å². The first-order valence-corrected chi connectivity index (χ1v) is 8.05. The molecule has 5 heteroatoms. The third kappa shape index (κ3) is 3.31. The number of aliphatic hydroxyl groups is 1. The van der Waals surface area contributed by atoms with Crippen molar-refractivity contribution in [3.8, 4) is 0 Å². The van der Waals surface area contributed by atoms with Crippen molar-refractivity contribution in [2.75, 3.05) is 13.2 Å². The fourth-order valence-electron chi connectivity index (χ4n) is 2.38. The molecular weight excluding hydrogens is 284 g/mol. The maximum atomic E-state index is 12.7. The quantitative estimate of drug-likeness (QED) is 0.892. The number of amides is 1. The van der Waals surface area contributed by atoms with Gasteiger partial charge in [0.15, 0.2) is 0 Å². The van der Waals surface area contributed by atoms with E-state index < -0.39 is 0 Å². The van der Waals surface area contributed by atoms with Gasteiger partial charge in [0.1, 0.15) is 4.88 Å². The van der Waals surface area contributed by atoms with E-state index >= 15 is 0 Å². The van der Waals surface area contributed by atoms with Crippen LogP contribution >= 0.6 is 11.3 Å². The SMILES string of the molecule is O=C(c1scnc1C1CC1)N(CCO)Cc1ccccc1. The van der Waals surface area contributed by atoms with Crippen molar-refractivity contribution in [2.45, 2.75) is 25.3 Å². The molecule has 0 atom stereocenters. The lowest BCUT2D eigenvalue weighted by atomic mass is 10.2. The van der Waals surface area contributed by atoms with Crippen molar-refractivity contribution in [2.24, 2.45) is 0 Å². The van der Waals surface area contributed by atoms with Crippen LogP contribution in [0, 0.1) is 0 Å². The molecule has 0 saturated heterocycles. The number of benzene rings is 1. The predicted molar refractivity (Wildman–Crippen MR) is 82.4 cm³/mol. The van der Waals surface area contributed by atoms with E-state index in [9.17, 15) is 9.90 Å². The number of aromatic nitrogens is 1. The number of hydrogen-bond donors (Lipinski definition) is 1. The summed E-state index contributed by atoms with van der Waals surface area (Å²) in [6.07, 6.45) is 2.26. The molecule has 1 aliphatic carbocycles. The predicted octanol–water partition coefficient (Wildman–Crippen LogP) is 2.66. The fourth-order valence-corrected chi connectivity index (χ4v) is 3.22. The smallest absolute Gasteiger partial charge is 0.266 e. The number of carbonyl (C=O) groups excluding carboxylic acids is 1. The zero-order valence-electron chi connectivity index (χ0n) is 11.7. The van der Waals surface area contributed by atoms with E-state index in [0.29, 0.717) is 19.0 Å². The second-order valence-electron chi connectivity index (χ2n) is 5.28. The van der Waals surface area contributed by atoms with Gasteiger partial charge in [-0.15, -0.1) is 11.3 Å². The van der Waals surface area contributed by atoms with Gasteiger partial charge in [-0.1, -0.05) is 30.3 Å². The Bertz CT molecular complexity index is 608. The molecule has 0 spiro atoms. The Labute approximate surface area is 128 Å². The summed E-state index contributed by atoms with van der Waals surface area (Å²) in [4.78, 5) is 19.5. The Morgan fingerprint density at radius 2 is 2.10 bits per heavy atom. The number of aliphatic hydroxyl groups excluding tert-OH is 1. The fraction of sp³-hybridized carbons (Fsp3) is 0.375. The molecule has 1 amide bonds. The molecule has 1 aromatic carbocycles. The largest absolute Gasteiger partial charge is 0.395 e. The van der Waals surface area contributed by atoms with E-state index in [1.165, 1.54) is 11.3 Å². The average Bonchev–Trinajstić information content (AvgIpc) is 3.24. The second-order valence-corrected chi connectivity index (χ2v) is 6.13. The third-order valence-electron chi connectivity index (χ3n) is 3.63. The van der Waals surface area contributed by atoms with Crippen molar-refractivity contribution < 1.29 is 9.90 Å². The minimum atomic E-state index is -0.0316. The molecule has 0 bridgehead atoms. The molecule has 1 aromatic heterocycles. The molecule has 1 N–H and O–H groups in total. The van der Waals surface area contributed by atoms with E-state index in [1.807, 2.05) is 30.3 Å². The molecule has 3 rings (SSSR count). The topological polar surface area (TPSA) is 53.4 Å². The summed E-state index contributed by atoms with van der Waals surface area (Å²) in [5.41, 5.74) is 3.76. The van der Waals surface area contributed by atoms with Crippen LogP contribution in [0.15, 0.2) is 35.8 Å². The maximum absolute atomic E-state index is 12.7. The van der Waals surface area contributed by atoms with Crippen LogP contribution in [0.5, 0.6) is 0 Å².